The first-order valence-electron chi connectivity index (χ1n) is 6.62. The number of nitrogen functional groups attached to an aromatic ring is 1. The van der Waals surface area contributed by atoms with Gasteiger partial charge < -0.3 is 11.1 Å². The van der Waals surface area contributed by atoms with E-state index in [-0.39, 0.29) is 0 Å². The zero-order valence-corrected chi connectivity index (χ0v) is 12.5. The number of nitrogens with zero attached hydrogens (tertiary/aromatic N) is 4. The van der Waals surface area contributed by atoms with Crippen molar-refractivity contribution in [1.82, 2.24) is 19.1 Å². The van der Waals surface area contributed by atoms with Gasteiger partial charge in [0.1, 0.15) is 10.8 Å². The van der Waals surface area contributed by atoms with Crippen LogP contribution in [-0.4, -0.2) is 25.7 Å². The molecule has 0 saturated heterocycles. The lowest BCUT2D eigenvalue weighted by atomic mass is 10.1. The van der Waals surface area contributed by atoms with E-state index in [1.165, 1.54) is 17.2 Å². The maximum atomic E-state index is 5.99. The number of pyridine rings is 1. The largest absolute Gasteiger partial charge is 0.382 e. The molecule has 0 fully saturated rings. The van der Waals surface area contributed by atoms with Crippen LogP contribution in [0, 0.1) is 0 Å². The van der Waals surface area contributed by atoms with Crippen molar-refractivity contribution in [2.75, 3.05) is 17.6 Å². The van der Waals surface area contributed by atoms with Gasteiger partial charge in [-0.1, -0.05) is 0 Å². The summed E-state index contributed by atoms with van der Waals surface area (Å²) in [5, 5.41) is 8.56. The van der Waals surface area contributed by atoms with Gasteiger partial charge in [0.25, 0.3) is 0 Å². The first kappa shape index (κ1) is 13.6. The Morgan fingerprint density at radius 2 is 2.05 bits per heavy atom. The topological polar surface area (TPSA) is 81.7 Å². The summed E-state index contributed by atoms with van der Waals surface area (Å²) >= 11 is 1.38. The molecule has 0 aromatic carbocycles. The van der Waals surface area contributed by atoms with Gasteiger partial charge in [-0.2, -0.15) is 9.47 Å². The fourth-order valence-electron chi connectivity index (χ4n) is 2.17. The molecule has 0 bridgehead atoms. The van der Waals surface area contributed by atoms with Crippen LogP contribution in [0.25, 0.3) is 11.1 Å². The molecule has 0 saturated carbocycles. The smallest absolute Gasteiger partial charge is 0.147 e. The normalized spacial score (nSPS) is 10.7. The molecule has 3 rings (SSSR count). The van der Waals surface area contributed by atoms with Gasteiger partial charge in [-0.15, -0.1) is 0 Å². The Labute approximate surface area is 126 Å². The van der Waals surface area contributed by atoms with Gasteiger partial charge >= 0.3 is 0 Å². The van der Waals surface area contributed by atoms with Crippen molar-refractivity contribution in [3.05, 3.63) is 42.5 Å². The van der Waals surface area contributed by atoms with Gasteiger partial charge in [0, 0.05) is 44.3 Å². The minimum Gasteiger partial charge on any atom is -0.382 e. The third-order valence-electron chi connectivity index (χ3n) is 3.28. The number of aromatic nitrogens is 4. The van der Waals surface area contributed by atoms with E-state index < -0.39 is 0 Å². The first-order valence-corrected chi connectivity index (χ1v) is 7.39. The van der Waals surface area contributed by atoms with Crippen molar-refractivity contribution in [3.8, 4) is 11.1 Å². The van der Waals surface area contributed by atoms with E-state index in [0.29, 0.717) is 5.82 Å². The summed E-state index contributed by atoms with van der Waals surface area (Å²) in [5.74, 6) is 0.550. The van der Waals surface area contributed by atoms with Gasteiger partial charge in [0.15, 0.2) is 0 Å². The Kier molecular flexibility index (Phi) is 3.83. The maximum absolute atomic E-state index is 5.99. The third kappa shape index (κ3) is 2.87. The molecule has 0 spiro atoms. The molecule has 3 N–H and O–H groups in total. The number of nitrogens with two attached hydrogens (primary N) is 1. The summed E-state index contributed by atoms with van der Waals surface area (Å²) in [7, 11) is 1.95. The first-order chi connectivity index (χ1) is 10.3. The number of anilines is 2. The number of hydrogen-bond donors (Lipinski definition) is 2. The van der Waals surface area contributed by atoms with E-state index in [0.717, 1.165) is 29.1 Å². The zero-order valence-electron chi connectivity index (χ0n) is 11.7. The van der Waals surface area contributed by atoms with Crippen LogP contribution in [0.2, 0.25) is 0 Å². The van der Waals surface area contributed by atoms with Crippen LogP contribution in [0.3, 0.4) is 0 Å². The molecule has 7 heteroatoms. The standard InChI is InChI=1S/C14H16N6S/c1-20-11(5-9-18-20)4-8-17-14-12(13(15)19-21-14)10-2-6-16-7-3-10/h2-3,5-7,9,17H,4,8H2,1H3,(H2,15,19). The fraction of sp³-hybridized carbons (Fsp3) is 0.214. The number of rotatable bonds is 5. The summed E-state index contributed by atoms with van der Waals surface area (Å²) in [6.07, 6.45) is 6.21. The van der Waals surface area contributed by atoms with Crippen LogP contribution in [0.15, 0.2) is 36.8 Å². The summed E-state index contributed by atoms with van der Waals surface area (Å²) in [4.78, 5) is 4.03. The van der Waals surface area contributed by atoms with Crippen LogP contribution < -0.4 is 11.1 Å². The highest BCUT2D eigenvalue weighted by Gasteiger charge is 2.13. The summed E-state index contributed by atoms with van der Waals surface area (Å²) in [5.41, 5.74) is 9.15. The molecule has 108 valence electrons. The van der Waals surface area contributed by atoms with Crippen molar-refractivity contribution < 1.29 is 0 Å². The number of aryl methyl sites for hydroxylation is 1. The predicted octanol–water partition coefficient (Wildman–Crippen LogP) is 2.18. The molecule has 0 radical (unpaired) electrons. The van der Waals surface area contributed by atoms with Gasteiger partial charge in [0.2, 0.25) is 0 Å². The Morgan fingerprint density at radius 1 is 1.24 bits per heavy atom. The van der Waals surface area contributed by atoms with Crippen molar-refractivity contribution in [3.63, 3.8) is 0 Å². The van der Waals surface area contributed by atoms with E-state index in [1.54, 1.807) is 12.4 Å². The van der Waals surface area contributed by atoms with Gasteiger partial charge in [-0.05, 0) is 35.3 Å². The van der Waals surface area contributed by atoms with E-state index in [4.69, 9.17) is 5.73 Å². The molecule has 0 aliphatic heterocycles. The summed E-state index contributed by atoms with van der Waals surface area (Å²) < 4.78 is 6.13. The predicted molar refractivity (Wildman–Crippen MR) is 85.2 cm³/mol. The molecule has 0 amide bonds. The Bertz CT molecular complexity index is 718. The van der Waals surface area contributed by atoms with E-state index in [2.05, 4.69) is 19.8 Å². The minimum atomic E-state index is 0.550. The van der Waals surface area contributed by atoms with Gasteiger partial charge in [0.05, 0.1) is 5.56 Å². The summed E-state index contributed by atoms with van der Waals surface area (Å²) in [6, 6.07) is 5.89. The second-order valence-electron chi connectivity index (χ2n) is 4.63. The Morgan fingerprint density at radius 3 is 2.76 bits per heavy atom. The molecule has 0 atom stereocenters. The maximum Gasteiger partial charge on any atom is 0.147 e. The number of hydrogen-bond acceptors (Lipinski definition) is 6. The lowest BCUT2D eigenvalue weighted by molar-refractivity contribution is 0.711. The lowest BCUT2D eigenvalue weighted by Crippen LogP contribution is -2.08. The van der Waals surface area contributed by atoms with Crippen molar-refractivity contribution in [2.45, 2.75) is 6.42 Å². The SMILES string of the molecule is Cn1nccc1CCNc1snc(N)c1-c1ccncc1. The van der Waals surface area contributed by atoms with Crippen molar-refractivity contribution in [1.29, 1.82) is 0 Å². The number of nitrogens with one attached hydrogen (secondary N) is 1. The Balaban J connectivity index is 1.73. The lowest BCUT2D eigenvalue weighted by Gasteiger charge is -2.07. The van der Waals surface area contributed by atoms with Crippen LogP contribution >= 0.6 is 11.5 Å². The summed E-state index contributed by atoms with van der Waals surface area (Å²) in [6.45, 7) is 0.805. The molecule has 0 aliphatic rings. The minimum absolute atomic E-state index is 0.550. The second-order valence-corrected chi connectivity index (χ2v) is 5.40. The zero-order chi connectivity index (χ0) is 14.7. The quantitative estimate of drug-likeness (QED) is 0.754. The fourth-order valence-corrected chi connectivity index (χ4v) is 2.93. The second kappa shape index (κ2) is 5.92. The highest BCUT2D eigenvalue weighted by atomic mass is 32.1. The van der Waals surface area contributed by atoms with Crippen molar-refractivity contribution >= 4 is 22.4 Å². The van der Waals surface area contributed by atoms with Gasteiger partial charge in [-0.25, -0.2) is 0 Å². The molecule has 3 heterocycles. The molecular weight excluding hydrogens is 284 g/mol. The highest BCUT2D eigenvalue weighted by molar-refractivity contribution is 7.11. The van der Waals surface area contributed by atoms with Crippen LogP contribution in [0.1, 0.15) is 5.69 Å². The van der Waals surface area contributed by atoms with Crippen LogP contribution in [0.5, 0.6) is 0 Å². The van der Waals surface area contributed by atoms with E-state index in [1.807, 2.05) is 36.1 Å². The molecule has 0 unspecified atom stereocenters. The monoisotopic (exact) mass is 300 g/mol. The highest BCUT2D eigenvalue weighted by Crippen LogP contribution is 2.36. The molecule has 3 aromatic rings. The molecule has 3 aromatic heterocycles. The Hall–Kier alpha value is -2.41. The van der Waals surface area contributed by atoms with Crippen LogP contribution in [0.4, 0.5) is 10.8 Å². The average Bonchev–Trinajstić information content (AvgIpc) is 3.07. The van der Waals surface area contributed by atoms with Gasteiger partial charge in [-0.3, -0.25) is 9.67 Å². The average molecular weight is 300 g/mol. The molecular formula is C14H16N6S. The molecule has 0 aliphatic carbocycles. The van der Waals surface area contributed by atoms with Crippen molar-refractivity contribution in [2.24, 2.45) is 7.05 Å². The third-order valence-corrected chi connectivity index (χ3v) is 4.10. The van der Waals surface area contributed by atoms with Crippen LogP contribution in [-0.2, 0) is 13.5 Å². The van der Waals surface area contributed by atoms with E-state index in [9.17, 15) is 0 Å². The van der Waals surface area contributed by atoms with E-state index >= 15 is 0 Å². The molecule has 21 heavy (non-hydrogen) atoms. The molecule has 6 nitrogen and oxygen atoms in total.